The van der Waals surface area contributed by atoms with E-state index < -0.39 is 0 Å². The number of nitrogens with zero attached hydrogens (tertiary/aromatic N) is 2. The van der Waals surface area contributed by atoms with Crippen molar-refractivity contribution < 1.29 is 0 Å². The Balaban J connectivity index is 1.00. The minimum Gasteiger partial charge on any atom is -0.311 e. The fourth-order valence-corrected chi connectivity index (χ4v) is 8.13. The van der Waals surface area contributed by atoms with Crippen LogP contribution in [0.4, 0.5) is 34.1 Å². The minimum atomic E-state index is 1.10. The largest absolute Gasteiger partial charge is 0.311 e. The third-order valence-corrected chi connectivity index (χ3v) is 11.1. The molecule has 274 valence electrons. The van der Waals surface area contributed by atoms with E-state index in [2.05, 4.69) is 252 Å². The Morgan fingerprint density at radius 1 is 0.190 bits per heavy atom. The highest BCUT2D eigenvalue weighted by atomic mass is 15.1. The SMILES string of the molecule is c1ccc(-c2ccc(N(c3ccc(-c4ccccc4)cc3)c3ccc(-c4ccc(N(c5cccc6ccccc56)c5cccc6ccccc56)cc4)cc3)cc2)cc1. The Hall–Kier alpha value is -7.68. The van der Waals surface area contributed by atoms with Gasteiger partial charge in [-0.3, -0.25) is 0 Å². The molecule has 0 heterocycles. The summed E-state index contributed by atoms with van der Waals surface area (Å²) in [6.45, 7) is 0. The van der Waals surface area contributed by atoms with Gasteiger partial charge in [-0.15, -0.1) is 0 Å². The van der Waals surface area contributed by atoms with Gasteiger partial charge in [0.1, 0.15) is 0 Å². The summed E-state index contributed by atoms with van der Waals surface area (Å²) in [5.41, 5.74) is 13.9. The summed E-state index contributed by atoms with van der Waals surface area (Å²) in [6, 6.07) is 87.2. The maximum Gasteiger partial charge on any atom is 0.0540 e. The maximum atomic E-state index is 2.40. The summed E-state index contributed by atoms with van der Waals surface area (Å²) in [5, 5.41) is 4.86. The lowest BCUT2D eigenvalue weighted by Gasteiger charge is -2.28. The van der Waals surface area contributed by atoms with Crippen molar-refractivity contribution in [3.05, 3.63) is 243 Å². The second-order valence-corrected chi connectivity index (χ2v) is 14.6. The molecule has 0 aromatic heterocycles. The van der Waals surface area contributed by atoms with Gasteiger partial charge >= 0.3 is 0 Å². The molecule has 0 spiro atoms. The van der Waals surface area contributed by atoms with E-state index in [1.807, 2.05) is 0 Å². The first kappa shape index (κ1) is 34.8. The van der Waals surface area contributed by atoms with Crippen LogP contribution in [0.2, 0.25) is 0 Å². The van der Waals surface area contributed by atoms with Gasteiger partial charge in [-0.05, 0) is 105 Å². The zero-order valence-corrected chi connectivity index (χ0v) is 32.0. The van der Waals surface area contributed by atoms with Gasteiger partial charge in [0, 0.05) is 33.5 Å². The van der Waals surface area contributed by atoms with Crippen LogP contribution in [0.15, 0.2) is 243 Å². The monoisotopic (exact) mass is 740 g/mol. The van der Waals surface area contributed by atoms with E-state index in [9.17, 15) is 0 Å². The molecular formula is C56H40N2. The highest BCUT2D eigenvalue weighted by Crippen LogP contribution is 2.43. The summed E-state index contributed by atoms with van der Waals surface area (Å²) in [4.78, 5) is 4.74. The van der Waals surface area contributed by atoms with Crippen LogP contribution in [0.25, 0.3) is 54.9 Å². The van der Waals surface area contributed by atoms with Crippen molar-refractivity contribution in [2.75, 3.05) is 9.80 Å². The molecule has 10 aromatic carbocycles. The highest BCUT2D eigenvalue weighted by Gasteiger charge is 2.18. The van der Waals surface area contributed by atoms with Crippen molar-refractivity contribution in [2.24, 2.45) is 0 Å². The normalized spacial score (nSPS) is 11.1. The zero-order chi connectivity index (χ0) is 38.7. The van der Waals surface area contributed by atoms with E-state index in [4.69, 9.17) is 0 Å². The molecule has 0 aliphatic heterocycles. The van der Waals surface area contributed by atoms with Gasteiger partial charge in [-0.2, -0.15) is 0 Å². The number of hydrogen-bond donors (Lipinski definition) is 0. The van der Waals surface area contributed by atoms with E-state index >= 15 is 0 Å². The molecule has 0 unspecified atom stereocenters. The molecule has 0 N–H and O–H groups in total. The Labute approximate surface area is 340 Å². The van der Waals surface area contributed by atoms with Crippen LogP contribution < -0.4 is 9.80 Å². The molecular weight excluding hydrogens is 701 g/mol. The van der Waals surface area contributed by atoms with Gasteiger partial charge in [0.15, 0.2) is 0 Å². The first-order chi connectivity index (χ1) is 28.8. The molecule has 0 atom stereocenters. The molecule has 58 heavy (non-hydrogen) atoms. The van der Waals surface area contributed by atoms with Crippen molar-refractivity contribution in [1.29, 1.82) is 0 Å². The average molecular weight is 741 g/mol. The number of anilines is 6. The molecule has 2 nitrogen and oxygen atoms in total. The van der Waals surface area contributed by atoms with E-state index in [1.54, 1.807) is 0 Å². The first-order valence-corrected chi connectivity index (χ1v) is 19.8. The molecule has 10 rings (SSSR count). The van der Waals surface area contributed by atoms with Crippen LogP contribution in [0.3, 0.4) is 0 Å². The van der Waals surface area contributed by atoms with Crippen LogP contribution in [0.1, 0.15) is 0 Å². The quantitative estimate of drug-likeness (QED) is 0.145. The number of fused-ring (bicyclic) bond motifs is 2. The molecule has 0 radical (unpaired) electrons. The third-order valence-electron chi connectivity index (χ3n) is 11.1. The Bertz CT molecular complexity index is 2780. The van der Waals surface area contributed by atoms with Gasteiger partial charge in [0.05, 0.1) is 11.4 Å². The lowest BCUT2D eigenvalue weighted by Crippen LogP contribution is -2.11. The average Bonchev–Trinajstić information content (AvgIpc) is 3.31. The van der Waals surface area contributed by atoms with Crippen LogP contribution in [0.5, 0.6) is 0 Å². The second-order valence-electron chi connectivity index (χ2n) is 14.6. The van der Waals surface area contributed by atoms with Crippen LogP contribution in [-0.2, 0) is 0 Å². The van der Waals surface area contributed by atoms with Gasteiger partial charge in [-0.25, -0.2) is 0 Å². The molecule has 0 saturated heterocycles. The lowest BCUT2D eigenvalue weighted by atomic mass is 10.0. The summed E-state index contributed by atoms with van der Waals surface area (Å²) in [7, 11) is 0. The molecule has 0 saturated carbocycles. The predicted molar refractivity (Wildman–Crippen MR) is 247 cm³/mol. The lowest BCUT2D eigenvalue weighted by molar-refractivity contribution is 1.28. The van der Waals surface area contributed by atoms with Crippen molar-refractivity contribution in [3.8, 4) is 33.4 Å². The third kappa shape index (κ3) is 6.78. The predicted octanol–water partition coefficient (Wildman–Crippen LogP) is 15.9. The number of benzene rings is 10. The van der Waals surface area contributed by atoms with Crippen molar-refractivity contribution >= 4 is 55.7 Å². The smallest absolute Gasteiger partial charge is 0.0540 e. The second kappa shape index (κ2) is 15.5. The van der Waals surface area contributed by atoms with Gasteiger partial charge in [0.25, 0.3) is 0 Å². The van der Waals surface area contributed by atoms with Crippen molar-refractivity contribution in [3.63, 3.8) is 0 Å². The molecule has 0 bridgehead atoms. The standard InChI is InChI=1S/C56H40N2/c1-3-13-41(14-4-1)43-25-33-49(34-26-43)57(50-35-27-44(28-36-50)42-15-5-2-6-16-42)51-37-29-45(30-38-51)46-31-39-52(40-32-46)58(55-23-11-19-47-17-7-9-21-53(47)55)56-24-12-20-48-18-8-10-22-54(48)56/h1-40H. The van der Waals surface area contributed by atoms with E-state index in [-0.39, 0.29) is 0 Å². The minimum absolute atomic E-state index is 1.10. The molecule has 2 heteroatoms. The van der Waals surface area contributed by atoms with Gasteiger partial charge in [0.2, 0.25) is 0 Å². The zero-order valence-electron chi connectivity index (χ0n) is 32.0. The summed E-state index contributed by atoms with van der Waals surface area (Å²) >= 11 is 0. The molecule has 0 fully saturated rings. The molecule has 10 aromatic rings. The molecule has 0 aliphatic rings. The Morgan fingerprint density at radius 3 is 0.828 bits per heavy atom. The van der Waals surface area contributed by atoms with Crippen LogP contribution in [0, 0.1) is 0 Å². The number of rotatable bonds is 9. The summed E-state index contributed by atoms with van der Waals surface area (Å²) < 4.78 is 0. The Morgan fingerprint density at radius 2 is 0.466 bits per heavy atom. The molecule has 0 amide bonds. The molecule has 0 aliphatic carbocycles. The highest BCUT2D eigenvalue weighted by molar-refractivity contribution is 6.04. The fraction of sp³-hybridized carbons (Fsp3) is 0. The van der Waals surface area contributed by atoms with E-state index in [1.165, 1.54) is 43.8 Å². The van der Waals surface area contributed by atoms with Gasteiger partial charge < -0.3 is 9.80 Å². The first-order valence-electron chi connectivity index (χ1n) is 19.8. The summed E-state index contributed by atoms with van der Waals surface area (Å²) in [5.74, 6) is 0. The maximum absolute atomic E-state index is 2.40. The fourth-order valence-electron chi connectivity index (χ4n) is 8.13. The van der Waals surface area contributed by atoms with Crippen molar-refractivity contribution in [1.82, 2.24) is 0 Å². The van der Waals surface area contributed by atoms with Crippen molar-refractivity contribution in [2.45, 2.75) is 0 Å². The van der Waals surface area contributed by atoms with E-state index in [0.29, 0.717) is 0 Å². The van der Waals surface area contributed by atoms with E-state index in [0.717, 1.165) is 45.3 Å². The van der Waals surface area contributed by atoms with Crippen LogP contribution in [-0.4, -0.2) is 0 Å². The van der Waals surface area contributed by atoms with Gasteiger partial charge in [-0.1, -0.05) is 182 Å². The Kier molecular flexibility index (Phi) is 9.27. The summed E-state index contributed by atoms with van der Waals surface area (Å²) in [6.07, 6.45) is 0. The number of hydrogen-bond acceptors (Lipinski definition) is 2. The topological polar surface area (TPSA) is 6.48 Å². The van der Waals surface area contributed by atoms with Crippen LogP contribution >= 0.6 is 0 Å².